The lowest BCUT2D eigenvalue weighted by Gasteiger charge is -2.09. The maximum absolute atomic E-state index is 13.8. The predicted octanol–water partition coefficient (Wildman–Crippen LogP) is 5.84. The molecule has 13 heteroatoms. The van der Waals surface area contributed by atoms with Gasteiger partial charge < -0.3 is 14.5 Å². The van der Waals surface area contributed by atoms with Crippen LogP contribution in [-0.4, -0.2) is 15.7 Å². The number of hydrogen-bond acceptors (Lipinski definition) is 4. The molecule has 2 aromatic heterocycles. The number of nitrogens with zero attached hydrogens (tertiary/aromatic N) is 2. The lowest BCUT2D eigenvalue weighted by molar-refractivity contribution is 0.0991. The van der Waals surface area contributed by atoms with E-state index in [0.717, 1.165) is 0 Å². The van der Waals surface area contributed by atoms with E-state index in [0.29, 0.717) is 5.56 Å². The number of ether oxygens (including phenoxy) is 1. The predicted molar refractivity (Wildman–Crippen MR) is 110 cm³/mol. The Hall–Kier alpha value is -3.93. The minimum atomic E-state index is -2.32. The van der Waals surface area contributed by atoms with E-state index in [1.165, 1.54) is 35.1 Å². The van der Waals surface area contributed by atoms with Gasteiger partial charge in [0, 0.05) is 11.8 Å². The zero-order valence-corrected chi connectivity index (χ0v) is 18.0. The standard InChI is InChI=1S/C22H12ClF6N3O3/c23-12-8-32(7-10-3-1-2-4-13(10)24)31-21(12)30-22(33)14-6-5-11(35-14)9-34-20-18(28)16(26)15(25)17(27)19(20)29/h1-6,8H,7,9H2,(H,30,31,33). The molecule has 4 aromatic rings. The lowest BCUT2D eigenvalue weighted by Crippen LogP contribution is -2.12. The summed E-state index contributed by atoms with van der Waals surface area (Å²) in [5.41, 5.74) is 0.342. The minimum absolute atomic E-state index is 0.0438. The molecule has 6 nitrogen and oxygen atoms in total. The number of benzene rings is 2. The Bertz CT molecular complexity index is 1390. The minimum Gasteiger partial charge on any atom is -0.479 e. The number of carbonyl (C=O) groups excluding carboxylic acids is 1. The molecule has 0 unspecified atom stereocenters. The Morgan fingerprint density at radius 1 is 0.971 bits per heavy atom. The van der Waals surface area contributed by atoms with Crippen molar-refractivity contribution in [3.63, 3.8) is 0 Å². The van der Waals surface area contributed by atoms with Crippen LogP contribution in [0.25, 0.3) is 0 Å². The van der Waals surface area contributed by atoms with Crippen LogP contribution in [0.1, 0.15) is 21.9 Å². The van der Waals surface area contributed by atoms with Gasteiger partial charge in [-0.3, -0.25) is 9.48 Å². The van der Waals surface area contributed by atoms with E-state index in [1.54, 1.807) is 12.1 Å². The van der Waals surface area contributed by atoms with Crippen LogP contribution in [0.15, 0.2) is 47.0 Å². The Morgan fingerprint density at radius 2 is 1.63 bits per heavy atom. The van der Waals surface area contributed by atoms with Crippen LogP contribution >= 0.6 is 11.6 Å². The average molecular weight is 516 g/mol. The SMILES string of the molecule is O=C(Nc1nn(Cc2ccccc2F)cc1Cl)c1ccc(COc2c(F)c(F)c(F)c(F)c2F)o1. The number of hydrogen-bond donors (Lipinski definition) is 1. The largest absolute Gasteiger partial charge is 0.479 e. The van der Waals surface area contributed by atoms with E-state index in [9.17, 15) is 31.1 Å². The van der Waals surface area contributed by atoms with Gasteiger partial charge in [-0.25, -0.2) is 17.6 Å². The highest BCUT2D eigenvalue weighted by atomic mass is 35.5. The van der Waals surface area contributed by atoms with Crippen molar-refractivity contribution in [3.8, 4) is 5.75 Å². The molecule has 0 saturated carbocycles. The highest BCUT2D eigenvalue weighted by Gasteiger charge is 2.27. The van der Waals surface area contributed by atoms with Crippen molar-refractivity contribution in [1.29, 1.82) is 0 Å². The fourth-order valence-electron chi connectivity index (χ4n) is 2.97. The van der Waals surface area contributed by atoms with E-state index < -0.39 is 53.2 Å². The van der Waals surface area contributed by atoms with Gasteiger partial charge in [-0.2, -0.15) is 13.9 Å². The van der Waals surface area contributed by atoms with Crippen molar-refractivity contribution < 1.29 is 40.3 Å². The summed E-state index contributed by atoms with van der Waals surface area (Å²) < 4.78 is 92.0. The third-order valence-corrected chi connectivity index (χ3v) is 4.93. The molecule has 0 saturated heterocycles. The molecule has 0 aliphatic rings. The molecule has 35 heavy (non-hydrogen) atoms. The molecule has 0 aliphatic heterocycles. The average Bonchev–Trinajstić information content (AvgIpc) is 3.44. The molecule has 0 spiro atoms. The first-order chi connectivity index (χ1) is 16.7. The van der Waals surface area contributed by atoms with Crippen LogP contribution in [0.2, 0.25) is 5.02 Å². The van der Waals surface area contributed by atoms with Crippen LogP contribution in [0.4, 0.5) is 32.2 Å². The van der Waals surface area contributed by atoms with Crippen LogP contribution in [0, 0.1) is 34.9 Å². The third-order valence-electron chi connectivity index (χ3n) is 4.65. The van der Waals surface area contributed by atoms with Crippen molar-refractivity contribution in [2.75, 3.05) is 5.32 Å². The fourth-order valence-corrected chi connectivity index (χ4v) is 3.16. The van der Waals surface area contributed by atoms with E-state index in [-0.39, 0.29) is 28.9 Å². The molecule has 0 fully saturated rings. The van der Waals surface area contributed by atoms with E-state index in [2.05, 4.69) is 15.2 Å². The molecule has 0 bridgehead atoms. The summed E-state index contributed by atoms with van der Waals surface area (Å²) >= 11 is 6.07. The van der Waals surface area contributed by atoms with Crippen LogP contribution < -0.4 is 10.1 Å². The lowest BCUT2D eigenvalue weighted by atomic mass is 10.2. The van der Waals surface area contributed by atoms with Gasteiger partial charge in [-0.15, -0.1) is 0 Å². The molecule has 1 amide bonds. The second kappa shape index (κ2) is 9.74. The molecule has 1 N–H and O–H groups in total. The van der Waals surface area contributed by atoms with E-state index >= 15 is 0 Å². The zero-order chi connectivity index (χ0) is 25.3. The van der Waals surface area contributed by atoms with Crippen molar-refractivity contribution in [1.82, 2.24) is 9.78 Å². The van der Waals surface area contributed by atoms with Gasteiger partial charge in [0.1, 0.15) is 23.2 Å². The van der Waals surface area contributed by atoms with Crippen LogP contribution in [0.3, 0.4) is 0 Å². The van der Waals surface area contributed by atoms with Crippen LogP contribution in [-0.2, 0) is 13.2 Å². The van der Waals surface area contributed by atoms with Crippen molar-refractivity contribution in [3.05, 3.63) is 99.6 Å². The maximum Gasteiger partial charge on any atom is 0.292 e. The summed E-state index contributed by atoms with van der Waals surface area (Å²) in [6, 6.07) is 8.40. The van der Waals surface area contributed by atoms with Gasteiger partial charge in [-0.1, -0.05) is 29.8 Å². The molecule has 2 aromatic carbocycles. The molecule has 4 rings (SSSR count). The van der Waals surface area contributed by atoms with Gasteiger partial charge in [0.25, 0.3) is 5.91 Å². The number of rotatable bonds is 7. The summed E-state index contributed by atoms with van der Waals surface area (Å²) in [6.45, 7) is -0.703. The van der Waals surface area contributed by atoms with Crippen LogP contribution in [0.5, 0.6) is 5.75 Å². The monoisotopic (exact) mass is 515 g/mol. The number of furan rings is 1. The molecular formula is C22H12ClF6N3O3. The van der Waals surface area contributed by atoms with Crippen molar-refractivity contribution in [2.45, 2.75) is 13.2 Å². The Balaban J connectivity index is 1.42. The molecule has 0 aliphatic carbocycles. The van der Waals surface area contributed by atoms with Gasteiger partial charge >= 0.3 is 0 Å². The van der Waals surface area contributed by atoms with E-state index in [4.69, 9.17) is 16.0 Å². The Morgan fingerprint density at radius 3 is 2.31 bits per heavy atom. The summed E-state index contributed by atoms with van der Waals surface area (Å²) in [5, 5.41) is 6.51. The number of carbonyl (C=O) groups is 1. The first-order valence-corrected chi connectivity index (χ1v) is 10.0. The van der Waals surface area contributed by atoms with Gasteiger partial charge in [-0.05, 0) is 18.2 Å². The molecule has 2 heterocycles. The summed E-state index contributed by atoms with van der Waals surface area (Å²) in [5.74, 6) is -14.2. The Kier molecular flexibility index (Phi) is 6.74. The third kappa shape index (κ3) is 4.97. The number of nitrogens with one attached hydrogen (secondary N) is 1. The highest BCUT2D eigenvalue weighted by Crippen LogP contribution is 2.30. The number of aromatic nitrogens is 2. The highest BCUT2D eigenvalue weighted by molar-refractivity contribution is 6.33. The molecular weight excluding hydrogens is 504 g/mol. The topological polar surface area (TPSA) is 69.3 Å². The molecule has 0 radical (unpaired) electrons. The smallest absolute Gasteiger partial charge is 0.292 e. The quantitative estimate of drug-likeness (QED) is 0.191. The molecule has 182 valence electrons. The summed E-state index contributed by atoms with van der Waals surface area (Å²) in [4.78, 5) is 12.4. The molecule has 0 atom stereocenters. The summed E-state index contributed by atoms with van der Waals surface area (Å²) in [6.07, 6.45) is 1.37. The van der Waals surface area contributed by atoms with Gasteiger partial charge in [0.2, 0.25) is 29.1 Å². The van der Waals surface area contributed by atoms with E-state index in [1.807, 2.05) is 0 Å². The number of halogens is 7. The van der Waals surface area contributed by atoms with Crippen molar-refractivity contribution in [2.24, 2.45) is 0 Å². The summed E-state index contributed by atoms with van der Waals surface area (Å²) in [7, 11) is 0. The Labute approximate surface area is 197 Å². The first-order valence-electron chi connectivity index (χ1n) is 9.66. The van der Waals surface area contributed by atoms with Gasteiger partial charge in [0.05, 0.1) is 6.54 Å². The van der Waals surface area contributed by atoms with Gasteiger partial charge in [0.15, 0.2) is 17.3 Å². The maximum atomic E-state index is 13.8. The number of anilines is 1. The normalized spacial score (nSPS) is 11.1. The number of amides is 1. The second-order valence-corrected chi connectivity index (χ2v) is 7.43. The fraction of sp³-hybridized carbons (Fsp3) is 0.0909. The first kappa shape index (κ1) is 24.2. The second-order valence-electron chi connectivity index (χ2n) is 7.02. The zero-order valence-electron chi connectivity index (χ0n) is 17.2. The van der Waals surface area contributed by atoms with Crippen molar-refractivity contribution >= 4 is 23.3 Å².